The quantitative estimate of drug-likeness (QED) is 0.632. The second-order valence-electron chi connectivity index (χ2n) is 5.93. The minimum atomic E-state index is -0.507. The Hall–Kier alpha value is -2.90. The highest BCUT2D eigenvalue weighted by molar-refractivity contribution is 5.99. The Labute approximate surface area is 139 Å². The fourth-order valence-corrected chi connectivity index (χ4v) is 2.98. The Kier molecular flexibility index (Phi) is 4.20. The number of anilines is 2. The van der Waals surface area contributed by atoms with Gasteiger partial charge in [-0.3, -0.25) is 4.79 Å². The average Bonchev–Trinajstić information content (AvgIpc) is 3.03. The normalized spacial score (nSPS) is 17.6. The van der Waals surface area contributed by atoms with Crippen molar-refractivity contribution >= 4 is 23.1 Å². The largest absolute Gasteiger partial charge is 0.389 e. The molecule has 1 aromatic heterocycles. The smallest absolute Gasteiger partial charge is 0.367 e. The molecule has 0 radical (unpaired) electrons. The lowest BCUT2D eigenvalue weighted by Crippen LogP contribution is -2.35. The number of nitro groups is 1. The fraction of sp³-hybridized carbons (Fsp3) is 0.375. The summed E-state index contributed by atoms with van der Waals surface area (Å²) < 4.78 is 1.56. The van der Waals surface area contributed by atoms with Crippen LogP contribution in [0, 0.1) is 16.0 Å². The average molecular weight is 329 g/mol. The summed E-state index contributed by atoms with van der Waals surface area (Å²) >= 11 is 0. The van der Waals surface area contributed by atoms with Crippen molar-refractivity contribution in [3.05, 3.63) is 46.6 Å². The molecule has 0 spiro atoms. The first kappa shape index (κ1) is 16.0. The van der Waals surface area contributed by atoms with Crippen LogP contribution in [-0.4, -0.2) is 40.7 Å². The Bertz CT molecular complexity index is 773. The molecule has 1 amide bonds. The van der Waals surface area contributed by atoms with E-state index in [0.717, 1.165) is 11.4 Å². The van der Waals surface area contributed by atoms with Crippen LogP contribution >= 0.6 is 0 Å². The molecule has 0 saturated heterocycles. The Morgan fingerprint density at radius 1 is 1.25 bits per heavy atom. The molecule has 8 heteroatoms. The van der Waals surface area contributed by atoms with E-state index < -0.39 is 4.92 Å². The number of aromatic nitrogens is 2. The molecule has 8 nitrogen and oxygen atoms in total. The molecule has 1 aliphatic rings. The maximum absolute atomic E-state index is 12.4. The third-order valence-corrected chi connectivity index (χ3v) is 4.24. The van der Waals surface area contributed by atoms with Crippen LogP contribution in [0.1, 0.15) is 6.92 Å². The van der Waals surface area contributed by atoms with Crippen molar-refractivity contribution in [1.82, 2.24) is 9.78 Å². The van der Waals surface area contributed by atoms with Crippen LogP contribution in [0.25, 0.3) is 0 Å². The van der Waals surface area contributed by atoms with Gasteiger partial charge in [-0.25, -0.2) is 0 Å². The van der Waals surface area contributed by atoms with Gasteiger partial charge in [0.25, 0.3) is 0 Å². The summed E-state index contributed by atoms with van der Waals surface area (Å²) in [5, 5.41) is 14.7. The summed E-state index contributed by atoms with van der Waals surface area (Å²) in [6, 6.07) is 9.16. The molecule has 0 N–H and O–H groups in total. The van der Waals surface area contributed by atoms with E-state index in [2.05, 4.69) is 10.00 Å². The lowest BCUT2D eigenvalue weighted by molar-refractivity contribution is -0.389. The first-order chi connectivity index (χ1) is 11.5. The molecule has 1 unspecified atom stereocenters. The molecule has 3 rings (SSSR count). The highest BCUT2D eigenvalue weighted by Gasteiger charge is 2.28. The van der Waals surface area contributed by atoms with E-state index in [0.29, 0.717) is 19.6 Å². The van der Waals surface area contributed by atoms with Crippen molar-refractivity contribution in [1.29, 1.82) is 0 Å². The molecular formula is C16H19N5O3. The van der Waals surface area contributed by atoms with E-state index in [9.17, 15) is 14.9 Å². The van der Waals surface area contributed by atoms with Crippen LogP contribution in [0.15, 0.2) is 36.5 Å². The second kappa shape index (κ2) is 6.31. The van der Waals surface area contributed by atoms with Crippen molar-refractivity contribution in [2.24, 2.45) is 5.92 Å². The van der Waals surface area contributed by atoms with E-state index >= 15 is 0 Å². The number of amides is 1. The topological polar surface area (TPSA) is 84.5 Å². The Morgan fingerprint density at radius 2 is 1.96 bits per heavy atom. The number of carbonyl (C=O) groups excluding carboxylic acids is 1. The minimum Gasteiger partial charge on any atom is -0.367 e. The summed E-state index contributed by atoms with van der Waals surface area (Å²) in [5.41, 5.74) is 1.86. The Balaban J connectivity index is 1.82. The summed E-state index contributed by atoms with van der Waals surface area (Å²) in [4.78, 5) is 26.5. The summed E-state index contributed by atoms with van der Waals surface area (Å²) in [6.45, 7) is 3.63. The molecule has 126 valence electrons. The van der Waals surface area contributed by atoms with Gasteiger partial charge in [0.05, 0.1) is 41.2 Å². The number of hydrogen-bond donors (Lipinski definition) is 0. The van der Waals surface area contributed by atoms with Gasteiger partial charge in [0, 0.05) is 20.1 Å². The molecular weight excluding hydrogens is 310 g/mol. The van der Waals surface area contributed by atoms with Gasteiger partial charge in [0.2, 0.25) is 5.91 Å². The molecule has 1 aliphatic heterocycles. The van der Waals surface area contributed by atoms with Gasteiger partial charge < -0.3 is 19.9 Å². The zero-order valence-electron chi connectivity index (χ0n) is 13.6. The zero-order valence-corrected chi connectivity index (χ0v) is 13.6. The summed E-state index contributed by atoms with van der Waals surface area (Å²) in [5.74, 6) is -0.205. The van der Waals surface area contributed by atoms with Gasteiger partial charge in [0.15, 0.2) is 0 Å². The molecule has 2 aromatic rings. The van der Waals surface area contributed by atoms with Crippen LogP contribution in [0.2, 0.25) is 0 Å². The van der Waals surface area contributed by atoms with Crippen molar-refractivity contribution in [2.45, 2.75) is 13.5 Å². The standard InChI is InChI=1S/C16H19N5O3/c1-12-11-19(9-10-20-8-7-15(17-20)21(23)24)14-6-4-3-5-13(14)18(2)16(12)22/h3-8,12H,9-11H2,1-2H3. The lowest BCUT2D eigenvalue weighted by Gasteiger charge is -2.25. The van der Waals surface area contributed by atoms with Crippen LogP contribution in [-0.2, 0) is 11.3 Å². The van der Waals surface area contributed by atoms with Crippen LogP contribution in [0.5, 0.6) is 0 Å². The van der Waals surface area contributed by atoms with E-state index in [-0.39, 0.29) is 17.6 Å². The van der Waals surface area contributed by atoms with Crippen LogP contribution in [0.3, 0.4) is 0 Å². The van der Waals surface area contributed by atoms with Crippen molar-refractivity contribution in [3.63, 3.8) is 0 Å². The van der Waals surface area contributed by atoms with E-state index in [1.807, 2.05) is 31.2 Å². The fourth-order valence-electron chi connectivity index (χ4n) is 2.98. The summed E-state index contributed by atoms with van der Waals surface area (Å²) in [7, 11) is 1.79. The van der Waals surface area contributed by atoms with E-state index in [1.54, 1.807) is 22.8 Å². The van der Waals surface area contributed by atoms with Crippen LogP contribution < -0.4 is 9.80 Å². The third-order valence-electron chi connectivity index (χ3n) is 4.24. The van der Waals surface area contributed by atoms with E-state index in [1.165, 1.54) is 6.07 Å². The molecule has 24 heavy (non-hydrogen) atoms. The third kappa shape index (κ3) is 2.94. The second-order valence-corrected chi connectivity index (χ2v) is 5.93. The highest BCUT2D eigenvalue weighted by atomic mass is 16.6. The van der Waals surface area contributed by atoms with Crippen molar-refractivity contribution in [3.8, 4) is 0 Å². The molecule has 0 saturated carbocycles. The molecule has 0 fully saturated rings. The van der Waals surface area contributed by atoms with E-state index in [4.69, 9.17) is 0 Å². The van der Waals surface area contributed by atoms with Gasteiger partial charge >= 0.3 is 5.82 Å². The molecule has 0 bridgehead atoms. The minimum absolute atomic E-state index is 0.0830. The van der Waals surface area contributed by atoms with Gasteiger partial charge in [0.1, 0.15) is 0 Å². The first-order valence-electron chi connectivity index (χ1n) is 7.77. The SMILES string of the molecule is CC1CN(CCn2ccc([N+](=O)[O-])n2)c2ccccc2N(C)C1=O. The van der Waals surface area contributed by atoms with Gasteiger partial charge in [-0.05, 0) is 17.1 Å². The molecule has 1 aromatic carbocycles. The molecule has 0 aliphatic carbocycles. The number of rotatable bonds is 4. The number of fused-ring (bicyclic) bond motifs is 1. The number of benzene rings is 1. The zero-order chi connectivity index (χ0) is 17.3. The van der Waals surface area contributed by atoms with Gasteiger partial charge in [-0.1, -0.05) is 19.1 Å². The molecule has 1 atom stereocenters. The maximum atomic E-state index is 12.4. The maximum Gasteiger partial charge on any atom is 0.389 e. The Morgan fingerprint density at radius 3 is 2.62 bits per heavy atom. The highest BCUT2D eigenvalue weighted by Crippen LogP contribution is 2.32. The monoisotopic (exact) mass is 329 g/mol. The first-order valence-corrected chi connectivity index (χ1v) is 7.77. The number of nitrogens with zero attached hydrogens (tertiary/aromatic N) is 5. The summed E-state index contributed by atoms with van der Waals surface area (Å²) in [6.07, 6.45) is 1.60. The lowest BCUT2D eigenvalue weighted by atomic mass is 10.1. The number of hydrogen-bond acceptors (Lipinski definition) is 5. The molecule has 2 heterocycles. The van der Waals surface area contributed by atoms with Gasteiger partial charge in [-0.15, -0.1) is 0 Å². The van der Waals surface area contributed by atoms with Crippen molar-refractivity contribution < 1.29 is 9.72 Å². The van der Waals surface area contributed by atoms with Gasteiger partial charge in [-0.2, -0.15) is 4.68 Å². The number of para-hydroxylation sites is 2. The van der Waals surface area contributed by atoms with Crippen molar-refractivity contribution in [2.75, 3.05) is 29.9 Å². The van der Waals surface area contributed by atoms with Crippen LogP contribution in [0.4, 0.5) is 17.2 Å². The predicted molar refractivity (Wildman–Crippen MR) is 90.1 cm³/mol. The number of carbonyl (C=O) groups is 1. The predicted octanol–water partition coefficient (Wildman–Crippen LogP) is 1.91.